The lowest BCUT2D eigenvalue weighted by Crippen LogP contribution is -2.28. The van der Waals surface area contributed by atoms with Gasteiger partial charge in [-0.1, -0.05) is 6.92 Å². The molecule has 0 aromatic carbocycles. The average Bonchev–Trinajstić information content (AvgIpc) is 2.85. The highest BCUT2D eigenvalue weighted by atomic mass is 32.1. The number of halogens is 3. The summed E-state index contributed by atoms with van der Waals surface area (Å²) in [6, 6.07) is -0.460. The van der Waals surface area contributed by atoms with Gasteiger partial charge in [-0.05, 0) is 26.4 Å². The third-order valence-electron chi connectivity index (χ3n) is 2.68. The van der Waals surface area contributed by atoms with Gasteiger partial charge in [0.25, 0.3) is 0 Å². The van der Waals surface area contributed by atoms with Crippen molar-refractivity contribution in [2.75, 3.05) is 13.6 Å². The van der Waals surface area contributed by atoms with Gasteiger partial charge in [0.1, 0.15) is 5.01 Å². The molecule has 0 saturated heterocycles. The lowest BCUT2D eigenvalue weighted by molar-refractivity contribution is -0.140. The van der Waals surface area contributed by atoms with Crippen molar-refractivity contribution in [3.63, 3.8) is 0 Å². The third-order valence-corrected chi connectivity index (χ3v) is 3.64. The largest absolute Gasteiger partial charge is 0.434 e. The fraction of sp³-hybridized carbons (Fsp3) is 0.667. The summed E-state index contributed by atoms with van der Waals surface area (Å²) in [6.45, 7) is 2.52. The van der Waals surface area contributed by atoms with Crippen LogP contribution in [-0.2, 0) is 11.0 Å². The van der Waals surface area contributed by atoms with Crippen LogP contribution in [0.2, 0.25) is 0 Å². The Morgan fingerprint density at radius 3 is 2.70 bits per heavy atom. The van der Waals surface area contributed by atoms with Crippen molar-refractivity contribution in [2.45, 2.75) is 38.4 Å². The van der Waals surface area contributed by atoms with Crippen molar-refractivity contribution in [3.8, 4) is 0 Å². The van der Waals surface area contributed by atoms with Crippen LogP contribution in [-0.4, -0.2) is 24.5 Å². The molecule has 4 nitrogen and oxygen atoms in total. The van der Waals surface area contributed by atoms with Crippen LogP contribution in [0.3, 0.4) is 0 Å². The molecule has 0 bridgehead atoms. The predicted octanol–water partition coefficient (Wildman–Crippen LogP) is 2.73. The molecule has 0 saturated carbocycles. The topological polar surface area (TPSA) is 54.0 Å². The van der Waals surface area contributed by atoms with E-state index >= 15 is 0 Å². The molecule has 1 aromatic rings. The zero-order valence-corrected chi connectivity index (χ0v) is 12.2. The minimum absolute atomic E-state index is 0.171. The second-order valence-corrected chi connectivity index (χ2v) is 5.19. The second kappa shape index (κ2) is 7.58. The number of rotatable bonds is 7. The number of nitrogens with one attached hydrogen (secondary N) is 2. The van der Waals surface area contributed by atoms with E-state index in [0.29, 0.717) is 24.3 Å². The highest BCUT2D eigenvalue weighted by Crippen LogP contribution is 2.32. The standard InChI is InChI=1S/C12H18F3N3OS/c1-3-8(17-10(19)5-4-6-16-2)11-18-9(7-20-11)12(13,14)15/h7-8,16H,3-6H2,1-2H3,(H,17,19). The average molecular weight is 309 g/mol. The Bertz CT molecular complexity index is 434. The molecule has 114 valence electrons. The Morgan fingerprint density at radius 1 is 1.50 bits per heavy atom. The van der Waals surface area contributed by atoms with Crippen LogP contribution in [0.5, 0.6) is 0 Å². The van der Waals surface area contributed by atoms with Crippen LogP contribution in [0, 0.1) is 0 Å². The molecule has 2 N–H and O–H groups in total. The van der Waals surface area contributed by atoms with Gasteiger partial charge < -0.3 is 10.6 Å². The monoisotopic (exact) mass is 309 g/mol. The molecular weight excluding hydrogens is 291 g/mol. The molecule has 0 aliphatic heterocycles. The van der Waals surface area contributed by atoms with Gasteiger partial charge in [0, 0.05) is 11.8 Å². The molecule has 0 aliphatic carbocycles. The first-order chi connectivity index (χ1) is 9.38. The highest BCUT2D eigenvalue weighted by molar-refractivity contribution is 7.09. The maximum Gasteiger partial charge on any atom is 0.434 e. The lowest BCUT2D eigenvalue weighted by atomic mass is 10.2. The Labute approximate surface area is 119 Å². The third kappa shape index (κ3) is 5.09. The van der Waals surface area contributed by atoms with Crippen LogP contribution >= 0.6 is 11.3 Å². The molecule has 1 unspecified atom stereocenters. The van der Waals surface area contributed by atoms with E-state index < -0.39 is 17.9 Å². The number of aromatic nitrogens is 1. The number of hydrogen-bond acceptors (Lipinski definition) is 4. The van der Waals surface area contributed by atoms with Crippen molar-refractivity contribution in [1.82, 2.24) is 15.6 Å². The molecule has 1 rings (SSSR count). The minimum atomic E-state index is -4.44. The van der Waals surface area contributed by atoms with Crippen molar-refractivity contribution in [3.05, 3.63) is 16.1 Å². The zero-order valence-electron chi connectivity index (χ0n) is 11.4. The van der Waals surface area contributed by atoms with E-state index in [1.54, 1.807) is 14.0 Å². The van der Waals surface area contributed by atoms with Crippen LogP contribution in [0.1, 0.15) is 42.9 Å². The Hall–Kier alpha value is -1.15. The molecule has 8 heteroatoms. The predicted molar refractivity (Wildman–Crippen MR) is 71.5 cm³/mol. The molecule has 1 aromatic heterocycles. The molecule has 20 heavy (non-hydrogen) atoms. The Balaban J connectivity index is 2.62. The van der Waals surface area contributed by atoms with Gasteiger partial charge in [-0.2, -0.15) is 13.2 Å². The van der Waals surface area contributed by atoms with Gasteiger partial charge in [0.2, 0.25) is 5.91 Å². The summed E-state index contributed by atoms with van der Waals surface area (Å²) in [6.07, 6.45) is -2.91. The van der Waals surface area contributed by atoms with Crippen LogP contribution in [0.25, 0.3) is 0 Å². The number of alkyl halides is 3. The van der Waals surface area contributed by atoms with E-state index in [1.807, 2.05) is 0 Å². The van der Waals surface area contributed by atoms with E-state index in [9.17, 15) is 18.0 Å². The Morgan fingerprint density at radius 2 is 2.20 bits per heavy atom. The van der Waals surface area contributed by atoms with Crippen LogP contribution in [0.4, 0.5) is 13.2 Å². The quantitative estimate of drug-likeness (QED) is 0.762. The van der Waals surface area contributed by atoms with E-state index in [0.717, 1.165) is 23.3 Å². The Kier molecular flexibility index (Phi) is 6.41. The van der Waals surface area contributed by atoms with Gasteiger partial charge >= 0.3 is 6.18 Å². The summed E-state index contributed by atoms with van der Waals surface area (Å²) >= 11 is 0.921. The summed E-state index contributed by atoms with van der Waals surface area (Å²) in [4.78, 5) is 15.2. The molecule has 1 heterocycles. The molecule has 0 radical (unpaired) electrons. The number of thiazole rings is 1. The van der Waals surface area contributed by atoms with Gasteiger partial charge in [-0.3, -0.25) is 4.79 Å². The second-order valence-electron chi connectivity index (χ2n) is 4.30. The first kappa shape index (κ1) is 16.9. The highest BCUT2D eigenvalue weighted by Gasteiger charge is 2.34. The molecule has 0 fully saturated rings. The molecule has 1 atom stereocenters. The number of carbonyl (C=O) groups is 1. The minimum Gasteiger partial charge on any atom is -0.347 e. The lowest BCUT2D eigenvalue weighted by Gasteiger charge is -2.14. The normalized spacial score (nSPS) is 13.2. The number of hydrogen-bond donors (Lipinski definition) is 2. The molecule has 1 amide bonds. The fourth-order valence-electron chi connectivity index (χ4n) is 1.61. The number of nitrogens with zero attached hydrogens (tertiary/aromatic N) is 1. The van der Waals surface area contributed by atoms with Crippen molar-refractivity contribution < 1.29 is 18.0 Å². The van der Waals surface area contributed by atoms with Gasteiger partial charge in [-0.25, -0.2) is 4.98 Å². The maximum absolute atomic E-state index is 12.5. The first-order valence-electron chi connectivity index (χ1n) is 6.35. The summed E-state index contributed by atoms with van der Waals surface area (Å²) in [7, 11) is 1.79. The van der Waals surface area contributed by atoms with Gasteiger partial charge in [-0.15, -0.1) is 11.3 Å². The van der Waals surface area contributed by atoms with Gasteiger partial charge in [0.15, 0.2) is 5.69 Å². The summed E-state index contributed by atoms with van der Waals surface area (Å²) < 4.78 is 37.5. The van der Waals surface area contributed by atoms with E-state index in [-0.39, 0.29) is 5.91 Å². The fourth-order valence-corrected chi connectivity index (χ4v) is 2.57. The number of carbonyl (C=O) groups excluding carboxylic acids is 1. The van der Waals surface area contributed by atoms with Crippen molar-refractivity contribution in [1.29, 1.82) is 0 Å². The van der Waals surface area contributed by atoms with E-state index in [4.69, 9.17) is 0 Å². The molecule has 0 spiro atoms. The summed E-state index contributed by atoms with van der Waals surface area (Å²) in [5, 5.41) is 6.92. The first-order valence-corrected chi connectivity index (χ1v) is 7.23. The zero-order chi connectivity index (χ0) is 15.2. The van der Waals surface area contributed by atoms with Gasteiger partial charge in [0.05, 0.1) is 6.04 Å². The van der Waals surface area contributed by atoms with E-state index in [1.165, 1.54) is 0 Å². The van der Waals surface area contributed by atoms with Crippen molar-refractivity contribution >= 4 is 17.2 Å². The van der Waals surface area contributed by atoms with Crippen molar-refractivity contribution in [2.24, 2.45) is 0 Å². The number of amides is 1. The molecule has 0 aliphatic rings. The van der Waals surface area contributed by atoms with E-state index in [2.05, 4.69) is 15.6 Å². The SMILES string of the molecule is CCC(NC(=O)CCCNC)c1nc(C(F)(F)F)cs1. The smallest absolute Gasteiger partial charge is 0.347 e. The van der Waals surface area contributed by atoms with Crippen LogP contribution < -0.4 is 10.6 Å². The van der Waals surface area contributed by atoms with Crippen LogP contribution in [0.15, 0.2) is 5.38 Å². The maximum atomic E-state index is 12.5. The summed E-state index contributed by atoms with van der Waals surface area (Å²) in [5.41, 5.74) is -0.902. The summed E-state index contributed by atoms with van der Waals surface area (Å²) in [5.74, 6) is -0.171. The molecular formula is C12H18F3N3OS.